The van der Waals surface area contributed by atoms with Gasteiger partial charge in [0.1, 0.15) is 0 Å². The fraction of sp³-hybridized carbons (Fsp3) is 0.833. The van der Waals surface area contributed by atoms with Crippen LogP contribution < -0.4 is 0 Å². The summed E-state index contributed by atoms with van der Waals surface area (Å²) in [6.07, 6.45) is -0.278. The van der Waals surface area contributed by atoms with E-state index in [0.717, 1.165) is 0 Å². The first kappa shape index (κ1) is 16.2. The monoisotopic (exact) mass is 177 g/mol. The third kappa shape index (κ3) is 17.8. The summed E-state index contributed by atoms with van der Waals surface area (Å²) < 4.78 is 0. The van der Waals surface area contributed by atoms with Gasteiger partial charge in [-0.1, -0.05) is 0 Å². The molecule has 0 aromatic rings. The molecule has 0 heterocycles. The smallest absolute Gasteiger partial charge is 0.0536 e. The Balaban J connectivity index is -0.000000180. The van der Waals surface area contributed by atoms with Crippen molar-refractivity contribution in [1.82, 2.24) is 0 Å². The maximum absolute atomic E-state index is 8.56. The Morgan fingerprint density at radius 2 is 1.33 bits per heavy atom. The van der Waals surface area contributed by atoms with Crippen molar-refractivity contribution in [2.45, 2.75) is 32.5 Å². The van der Waals surface area contributed by atoms with E-state index in [4.69, 9.17) is 10.2 Å². The van der Waals surface area contributed by atoms with Crippen LogP contribution in [0.1, 0.15) is 20.3 Å². The Morgan fingerprint density at radius 3 is 1.33 bits per heavy atom. The van der Waals surface area contributed by atoms with E-state index in [9.17, 15) is 0 Å². The molecule has 0 fully saturated rings. The summed E-state index contributed by atoms with van der Waals surface area (Å²) in [6.45, 7) is 3.32. The van der Waals surface area contributed by atoms with Crippen LogP contribution in [0.2, 0.25) is 0 Å². The average molecular weight is 178 g/mol. The molecule has 0 aliphatic rings. The van der Waals surface area contributed by atoms with Gasteiger partial charge in [-0.3, -0.25) is 0 Å². The molecule has 0 spiro atoms. The summed E-state index contributed by atoms with van der Waals surface area (Å²) in [7, 11) is 0. The Kier molecular flexibility index (Phi) is 15.1. The maximum atomic E-state index is 8.56. The first-order valence-electron chi connectivity index (χ1n) is 2.49. The summed E-state index contributed by atoms with van der Waals surface area (Å²) >= 11 is 0. The second kappa shape index (κ2) is 8.41. The van der Waals surface area contributed by atoms with Crippen LogP contribution >= 0.6 is 0 Å². The van der Waals surface area contributed by atoms with Gasteiger partial charge in [0.2, 0.25) is 0 Å². The summed E-state index contributed by atoms with van der Waals surface area (Å²) in [5, 5.41) is 17.1. The van der Waals surface area contributed by atoms with E-state index in [-0.39, 0.29) is 36.1 Å². The zero-order chi connectivity index (χ0) is 5.86. The molecule has 0 rings (SSSR count). The quantitative estimate of drug-likeness (QED) is 0.479. The SMILES string of the molecule is CC(O)CC(C)O.[CH3-].[Ni]. The Labute approximate surface area is 67.2 Å². The zero-order valence-electron chi connectivity index (χ0n) is 6.07. The fourth-order valence-corrected chi connectivity index (χ4v) is 0.494. The molecule has 0 radical (unpaired) electrons. The van der Waals surface area contributed by atoms with Gasteiger partial charge >= 0.3 is 0 Å². The van der Waals surface area contributed by atoms with Crippen molar-refractivity contribution in [2.75, 3.05) is 0 Å². The van der Waals surface area contributed by atoms with Gasteiger partial charge < -0.3 is 17.6 Å². The van der Waals surface area contributed by atoms with Crippen molar-refractivity contribution in [3.05, 3.63) is 7.43 Å². The van der Waals surface area contributed by atoms with Crippen molar-refractivity contribution < 1.29 is 26.7 Å². The second-order valence-electron chi connectivity index (χ2n) is 1.93. The summed E-state index contributed by atoms with van der Waals surface area (Å²) in [5.41, 5.74) is 0. The molecule has 2 nitrogen and oxygen atoms in total. The molecule has 0 aliphatic carbocycles. The van der Waals surface area contributed by atoms with Crippen LogP contribution in [0.3, 0.4) is 0 Å². The predicted molar refractivity (Wildman–Crippen MR) is 34.4 cm³/mol. The van der Waals surface area contributed by atoms with Gasteiger partial charge in [-0.05, 0) is 20.3 Å². The summed E-state index contributed by atoms with van der Waals surface area (Å²) in [6, 6.07) is 0. The zero-order valence-corrected chi connectivity index (χ0v) is 7.06. The standard InChI is InChI=1S/C5H12O2.CH3.Ni/c1-4(6)3-5(2)7;;/h4-7H,3H2,1-2H3;1H3;/q;-1;. The van der Waals surface area contributed by atoms with Crippen molar-refractivity contribution in [3.63, 3.8) is 0 Å². The predicted octanol–water partition coefficient (Wildman–Crippen LogP) is 0.586. The van der Waals surface area contributed by atoms with Crippen LogP contribution in [-0.4, -0.2) is 22.4 Å². The topological polar surface area (TPSA) is 40.5 Å². The minimum absolute atomic E-state index is 0. The van der Waals surface area contributed by atoms with Gasteiger partial charge in [-0.15, -0.1) is 0 Å². The van der Waals surface area contributed by atoms with E-state index in [1.54, 1.807) is 13.8 Å². The van der Waals surface area contributed by atoms with Gasteiger partial charge in [-0.25, -0.2) is 0 Å². The minimum atomic E-state index is -0.375. The molecule has 0 saturated carbocycles. The molecule has 9 heavy (non-hydrogen) atoms. The Hall–Kier alpha value is 0.414. The van der Waals surface area contributed by atoms with E-state index in [0.29, 0.717) is 6.42 Å². The fourth-order valence-electron chi connectivity index (χ4n) is 0.494. The van der Waals surface area contributed by atoms with Crippen molar-refractivity contribution >= 4 is 0 Å². The van der Waals surface area contributed by atoms with Crippen LogP contribution in [0.4, 0.5) is 0 Å². The van der Waals surface area contributed by atoms with Crippen LogP contribution in [0, 0.1) is 7.43 Å². The summed E-state index contributed by atoms with van der Waals surface area (Å²) in [4.78, 5) is 0. The molecule has 0 aromatic heterocycles. The maximum Gasteiger partial charge on any atom is 0.0536 e. The molecular formula is C6H15NiO2-. The van der Waals surface area contributed by atoms with Gasteiger partial charge in [0, 0.05) is 16.5 Å². The molecule has 0 saturated heterocycles. The van der Waals surface area contributed by atoms with Crippen molar-refractivity contribution in [2.24, 2.45) is 0 Å². The number of aliphatic hydroxyl groups is 2. The average Bonchev–Trinajstić information content (AvgIpc) is 1.27. The minimum Gasteiger partial charge on any atom is -0.393 e. The van der Waals surface area contributed by atoms with Crippen molar-refractivity contribution in [3.8, 4) is 0 Å². The van der Waals surface area contributed by atoms with Crippen LogP contribution in [0.5, 0.6) is 0 Å². The first-order valence-corrected chi connectivity index (χ1v) is 2.49. The number of rotatable bonds is 2. The van der Waals surface area contributed by atoms with Crippen LogP contribution in [0.15, 0.2) is 0 Å². The largest absolute Gasteiger partial charge is 0.393 e. The van der Waals surface area contributed by atoms with Crippen molar-refractivity contribution in [1.29, 1.82) is 0 Å². The number of hydrogen-bond acceptors (Lipinski definition) is 2. The van der Waals surface area contributed by atoms with Gasteiger partial charge in [0.05, 0.1) is 12.2 Å². The third-order valence-corrected chi connectivity index (χ3v) is 0.682. The third-order valence-electron chi connectivity index (χ3n) is 0.682. The first-order chi connectivity index (χ1) is 3.13. The van der Waals surface area contributed by atoms with Crippen LogP contribution in [0.25, 0.3) is 0 Å². The molecular weight excluding hydrogens is 163 g/mol. The van der Waals surface area contributed by atoms with E-state index >= 15 is 0 Å². The van der Waals surface area contributed by atoms with E-state index in [2.05, 4.69) is 0 Å². The summed E-state index contributed by atoms with van der Waals surface area (Å²) in [5.74, 6) is 0. The molecule has 0 amide bonds. The molecule has 62 valence electrons. The van der Waals surface area contributed by atoms with E-state index in [1.807, 2.05) is 0 Å². The molecule has 2 N–H and O–H groups in total. The second-order valence-corrected chi connectivity index (χ2v) is 1.93. The molecule has 3 heteroatoms. The van der Waals surface area contributed by atoms with Gasteiger partial charge in [-0.2, -0.15) is 0 Å². The number of hydrogen-bond donors (Lipinski definition) is 2. The molecule has 0 bridgehead atoms. The van der Waals surface area contributed by atoms with E-state index in [1.165, 1.54) is 0 Å². The van der Waals surface area contributed by atoms with Gasteiger partial charge in [0.25, 0.3) is 0 Å². The van der Waals surface area contributed by atoms with Gasteiger partial charge in [0.15, 0.2) is 0 Å². The molecule has 0 aromatic carbocycles. The van der Waals surface area contributed by atoms with Crippen LogP contribution in [-0.2, 0) is 16.5 Å². The molecule has 2 unspecified atom stereocenters. The normalized spacial score (nSPS) is 14.7. The Morgan fingerprint density at radius 1 is 1.11 bits per heavy atom. The molecule has 2 atom stereocenters. The van der Waals surface area contributed by atoms with E-state index < -0.39 is 0 Å². The Bertz CT molecular complexity index is 40.3. The number of aliphatic hydroxyl groups excluding tert-OH is 2. The molecule has 0 aliphatic heterocycles.